The third kappa shape index (κ3) is 57.9. The van der Waals surface area contributed by atoms with Gasteiger partial charge in [-0.2, -0.15) is 0 Å². The maximum absolute atomic E-state index is 10.3. The SMILES string of the molecule is CCCCCCCCCCCCCCCCCCCCCCCCCCCCCCCCCCCCCCCCCCCCCCCCC(O)CCCCCCCCCCC. The molecule has 0 aromatic carbocycles. The molecule has 61 heavy (non-hydrogen) atoms. The van der Waals surface area contributed by atoms with Gasteiger partial charge in [-0.25, -0.2) is 0 Å². The Bertz CT molecular complexity index is 716. The minimum Gasteiger partial charge on any atom is -0.393 e. The van der Waals surface area contributed by atoms with E-state index in [-0.39, 0.29) is 6.10 Å². The standard InChI is InChI=1S/C60H122O/c1-3-5-7-9-11-13-14-15-16-17-18-19-20-21-22-23-24-25-26-27-28-29-30-31-32-33-34-35-36-37-38-39-40-41-42-43-44-45-46-47-48-49-51-53-55-57-59-60(61)58-56-54-52-50-12-10-8-6-4-2/h60-61H,3-59H2,1-2H3. The zero-order valence-corrected chi connectivity index (χ0v) is 43.3. The van der Waals surface area contributed by atoms with E-state index in [4.69, 9.17) is 0 Å². The highest BCUT2D eigenvalue weighted by Gasteiger charge is 2.04. The lowest BCUT2D eigenvalue weighted by molar-refractivity contribution is 0.147. The van der Waals surface area contributed by atoms with Gasteiger partial charge in [0.1, 0.15) is 0 Å². The molecule has 0 saturated heterocycles. The van der Waals surface area contributed by atoms with Crippen molar-refractivity contribution in [3.63, 3.8) is 0 Å². The van der Waals surface area contributed by atoms with Crippen molar-refractivity contribution in [2.24, 2.45) is 0 Å². The van der Waals surface area contributed by atoms with Crippen molar-refractivity contribution in [1.29, 1.82) is 0 Å². The maximum Gasteiger partial charge on any atom is 0.0540 e. The molecule has 0 rings (SSSR count). The van der Waals surface area contributed by atoms with Crippen molar-refractivity contribution in [2.45, 2.75) is 386 Å². The second-order valence-corrected chi connectivity index (χ2v) is 21.0. The van der Waals surface area contributed by atoms with Gasteiger partial charge in [0.05, 0.1) is 6.10 Å². The third-order valence-corrected chi connectivity index (χ3v) is 14.5. The van der Waals surface area contributed by atoms with E-state index < -0.39 is 0 Å². The molecule has 0 aliphatic rings. The summed E-state index contributed by atoms with van der Waals surface area (Å²) < 4.78 is 0. The highest BCUT2D eigenvalue weighted by Crippen LogP contribution is 2.20. The highest BCUT2D eigenvalue weighted by atomic mass is 16.3. The van der Waals surface area contributed by atoms with Gasteiger partial charge in [0, 0.05) is 0 Å². The van der Waals surface area contributed by atoms with E-state index in [0.717, 1.165) is 12.8 Å². The zero-order chi connectivity index (χ0) is 43.9. The minimum atomic E-state index is -0.0353. The number of unbranched alkanes of at least 4 members (excludes halogenated alkanes) is 53. The number of hydrogen-bond acceptors (Lipinski definition) is 1. The van der Waals surface area contributed by atoms with E-state index >= 15 is 0 Å². The van der Waals surface area contributed by atoms with Crippen LogP contribution in [0.4, 0.5) is 0 Å². The first-order valence-corrected chi connectivity index (χ1v) is 30.0. The second kappa shape index (κ2) is 58.0. The summed E-state index contributed by atoms with van der Waals surface area (Å²) in [6.07, 6.45) is 81.9. The van der Waals surface area contributed by atoms with Gasteiger partial charge < -0.3 is 5.11 Å². The molecule has 1 heteroatoms. The zero-order valence-electron chi connectivity index (χ0n) is 43.3. The average molecular weight is 860 g/mol. The van der Waals surface area contributed by atoms with Crippen LogP contribution in [0.1, 0.15) is 380 Å². The summed E-state index contributed by atoms with van der Waals surface area (Å²) in [4.78, 5) is 0. The first kappa shape index (κ1) is 61.0. The molecule has 0 fully saturated rings. The quantitative estimate of drug-likeness (QED) is 0.0604. The summed E-state index contributed by atoms with van der Waals surface area (Å²) in [6.45, 7) is 4.60. The molecule has 1 N–H and O–H groups in total. The van der Waals surface area contributed by atoms with Crippen LogP contribution in [0.3, 0.4) is 0 Å². The molecule has 0 saturated carbocycles. The molecule has 0 heterocycles. The first-order valence-electron chi connectivity index (χ1n) is 30.0. The van der Waals surface area contributed by atoms with Crippen molar-refractivity contribution in [3.05, 3.63) is 0 Å². The second-order valence-electron chi connectivity index (χ2n) is 21.0. The minimum absolute atomic E-state index is 0.0353. The normalized spacial score (nSPS) is 12.2. The van der Waals surface area contributed by atoms with Gasteiger partial charge in [-0.15, -0.1) is 0 Å². The van der Waals surface area contributed by atoms with Gasteiger partial charge in [-0.05, 0) is 12.8 Å². The van der Waals surface area contributed by atoms with E-state index in [1.165, 1.54) is 353 Å². The van der Waals surface area contributed by atoms with Crippen LogP contribution < -0.4 is 0 Å². The number of aliphatic hydroxyl groups excluding tert-OH is 1. The predicted octanol–water partition coefficient (Wildman–Crippen LogP) is 22.6. The molecule has 0 aromatic heterocycles. The third-order valence-electron chi connectivity index (χ3n) is 14.5. The Morgan fingerprint density at radius 2 is 0.262 bits per heavy atom. The van der Waals surface area contributed by atoms with Gasteiger partial charge >= 0.3 is 0 Å². The Morgan fingerprint density at radius 1 is 0.164 bits per heavy atom. The summed E-state index contributed by atoms with van der Waals surface area (Å²) >= 11 is 0. The Labute approximate surface area is 389 Å². The van der Waals surface area contributed by atoms with Crippen LogP contribution in [-0.2, 0) is 0 Å². The monoisotopic (exact) mass is 859 g/mol. The Kier molecular flexibility index (Phi) is 57.9. The number of hydrogen-bond donors (Lipinski definition) is 1. The van der Waals surface area contributed by atoms with Crippen LogP contribution in [0, 0.1) is 0 Å². The Balaban J connectivity index is 3.10. The molecule has 1 nitrogen and oxygen atoms in total. The lowest BCUT2D eigenvalue weighted by Crippen LogP contribution is -2.05. The lowest BCUT2D eigenvalue weighted by Gasteiger charge is -2.10. The predicted molar refractivity (Wildman–Crippen MR) is 281 cm³/mol. The Morgan fingerprint density at radius 3 is 0.377 bits per heavy atom. The highest BCUT2D eigenvalue weighted by molar-refractivity contribution is 4.59. The summed E-state index contributed by atoms with van der Waals surface area (Å²) in [5.74, 6) is 0. The maximum atomic E-state index is 10.3. The van der Waals surface area contributed by atoms with Crippen LogP contribution >= 0.6 is 0 Å². The first-order chi connectivity index (χ1) is 30.3. The topological polar surface area (TPSA) is 20.2 Å². The summed E-state index contributed by atoms with van der Waals surface area (Å²) in [6, 6.07) is 0. The number of aliphatic hydroxyl groups is 1. The van der Waals surface area contributed by atoms with Crippen LogP contribution in [0.5, 0.6) is 0 Å². The molecule has 0 aliphatic heterocycles. The fraction of sp³-hybridized carbons (Fsp3) is 1.00. The molecule has 0 aliphatic carbocycles. The van der Waals surface area contributed by atoms with Crippen LogP contribution in [0.2, 0.25) is 0 Å². The van der Waals surface area contributed by atoms with E-state index in [2.05, 4.69) is 13.8 Å². The van der Waals surface area contributed by atoms with Crippen molar-refractivity contribution >= 4 is 0 Å². The summed E-state index contributed by atoms with van der Waals surface area (Å²) in [7, 11) is 0. The molecule has 0 aromatic rings. The average Bonchev–Trinajstić information content (AvgIpc) is 3.27. The van der Waals surface area contributed by atoms with Gasteiger partial charge in [0.15, 0.2) is 0 Å². The van der Waals surface area contributed by atoms with Crippen LogP contribution in [0.25, 0.3) is 0 Å². The molecule has 1 unspecified atom stereocenters. The molecule has 0 radical (unpaired) electrons. The fourth-order valence-corrected chi connectivity index (χ4v) is 10.1. The van der Waals surface area contributed by atoms with Crippen molar-refractivity contribution in [1.82, 2.24) is 0 Å². The van der Waals surface area contributed by atoms with Crippen LogP contribution in [0.15, 0.2) is 0 Å². The number of rotatable bonds is 57. The van der Waals surface area contributed by atoms with E-state index in [0.29, 0.717) is 0 Å². The van der Waals surface area contributed by atoms with Crippen molar-refractivity contribution in [3.8, 4) is 0 Å². The molecule has 0 bridgehead atoms. The molecule has 0 spiro atoms. The molecule has 1 atom stereocenters. The molecular weight excluding hydrogens is 737 g/mol. The molecular formula is C60H122O. The van der Waals surface area contributed by atoms with E-state index in [9.17, 15) is 5.11 Å². The summed E-state index contributed by atoms with van der Waals surface area (Å²) in [5.41, 5.74) is 0. The summed E-state index contributed by atoms with van der Waals surface area (Å²) in [5, 5.41) is 10.3. The van der Waals surface area contributed by atoms with E-state index in [1.807, 2.05) is 0 Å². The molecule has 368 valence electrons. The van der Waals surface area contributed by atoms with Gasteiger partial charge in [-0.1, -0.05) is 367 Å². The van der Waals surface area contributed by atoms with Gasteiger partial charge in [0.25, 0.3) is 0 Å². The van der Waals surface area contributed by atoms with Crippen molar-refractivity contribution < 1.29 is 5.11 Å². The van der Waals surface area contributed by atoms with E-state index in [1.54, 1.807) is 0 Å². The lowest BCUT2D eigenvalue weighted by atomic mass is 10.0. The van der Waals surface area contributed by atoms with Crippen LogP contribution in [-0.4, -0.2) is 11.2 Å². The van der Waals surface area contributed by atoms with Gasteiger partial charge in [-0.3, -0.25) is 0 Å². The Hall–Kier alpha value is -0.0400. The van der Waals surface area contributed by atoms with Crippen molar-refractivity contribution in [2.75, 3.05) is 0 Å². The fourth-order valence-electron chi connectivity index (χ4n) is 10.1. The van der Waals surface area contributed by atoms with Gasteiger partial charge in [0.2, 0.25) is 0 Å². The largest absolute Gasteiger partial charge is 0.393 e. The smallest absolute Gasteiger partial charge is 0.0540 e. The molecule has 0 amide bonds.